The highest BCUT2D eigenvalue weighted by molar-refractivity contribution is 5.88. The molecule has 25 heavy (non-hydrogen) atoms. The molecule has 0 bridgehead atoms. The summed E-state index contributed by atoms with van der Waals surface area (Å²) in [5.74, 6) is 0.457. The lowest BCUT2D eigenvalue weighted by molar-refractivity contribution is -0.156. The molecule has 132 valence electrons. The molecule has 4 nitrogen and oxygen atoms in total. The summed E-state index contributed by atoms with van der Waals surface area (Å²) in [5, 5.41) is 1.39. The minimum absolute atomic E-state index is 0.00241. The molecule has 2 fully saturated rings. The van der Waals surface area contributed by atoms with Crippen LogP contribution in [0.25, 0.3) is 10.9 Å². The van der Waals surface area contributed by atoms with Gasteiger partial charge in [0.25, 0.3) is 0 Å². The van der Waals surface area contributed by atoms with E-state index >= 15 is 0 Å². The van der Waals surface area contributed by atoms with Crippen molar-refractivity contribution in [2.24, 2.45) is 5.92 Å². The quantitative estimate of drug-likeness (QED) is 0.851. The maximum Gasteiger partial charge on any atom is 0.310 e. The van der Waals surface area contributed by atoms with Crippen molar-refractivity contribution in [2.45, 2.75) is 56.6 Å². The summed E-state index contributed by atoms with van der Waals surface area (Å²) in [4.78, 5) is 18.6. The van der Waals surface area contributed by atoms with Gasteiger partial charge >= 0.3 is 5.97 Å². The van der Waals surface area contributed by atoms with Crippen molar-refractivity contribution >= 4 is 16.9 Å². The van der Waals surface area contributed by atoms with Gasteiger partial charge in [-0.15, -0.1) is 0 Å². The molecular weight excluding hydrogens is 312 g/mol. The number of hydrogen-bond donors (Lipinski definition) is 1. The molecular formula is C21H26N2O2. The summed E-state index contributed by atoms with van der Waals surface area (Å²) in [7, 11) is 2.17. The number of piperidine rings is 1. The number of likely N-dealkylation sites (tertiary alicyclic amines) is 1. The molecule has 1 saturated carbocycles. The van der Waals surface area contributed by atoms with Crippen LogP contribution >= 0.6 is 0 Å². The van der Waals surface area contributed by atoms with Crippen molar-refractivity contribution in [2.75, 3.05) is 13.6 Å². The second-order valence-corrected chi connectivity index (χ2v) is 8.18. The lowest BCUT2D eigenvalue weighted by atomic mass is 9.72. The number of hydrogen-bond acceptors (Lipinski definition) is 3. The van der Waals surface area contributed by atoms with Crippen molar-refractivity contribution in [3.8, 4) is 0 Å². The van der Waals surface area contributed by atoms with E-state index in [2.05, 4.69) is 41.3 Å². The Hall–Kier alpha value is -1.81. The van der Waals surface area contributed by atoms with Gasteiger partial charge in [0, 0.05) is 35.6 Å². The van der Waals surface area contributed by atoms with E-state index in [0.29, 0.717) is 12.0 Å². The van der Waals surface area contributed by atoms with Crippen LogP contribution in [0.15, 0.2) is 24.4 Å². The van der Waals surface area contributed by atoms with E-state index in [4.69, 9.17) is 4.74 Å². The number of H-pyrrole nitrogens is 1. The van der Waals surface area contributed by atoms with Gasteiger partial charge < -0.3 is 14.6 Å². The molecule has 3 atom stereocenters. The molecule has 1 saturated heterocycles. The molecule has 1 aliphatic heterocycles. The highest BCUT2D eigenvalue weighted by atomic mass is 16.5. The fourth-order valence-corrected chi connectivity index (χ4v) is 5.38. The first kappa shape index (κ1) is 15.4. The average molecular weight is 338 g/mol. The van der Waals surface area contributed by atoms with Gasteiger partial charge in [0.15, 0.2) is 0 Å². The normalized spacial score (nSPS) is 29.7. The van der Waals surface area contributed by atoms with Crippen molar-refractivity contribution in [1.82, 2.24) is 9.88 Å². The number of carbonyl (C=O) groups excluding carboxylic acids is 1. The first-order chi connectivity index (χ1) is 12.2. The van der Waals surface area contributed by atoms with Crippen molar-refractivity contribution in [3.05, 3.63) is 35.5 Å². The molecule has 2 aromatic rings. The molecule has 0 amide bonds. The number of fused-ring (bicyclic) bond motifs is 2. The molecule has 2 unspecified atom stereocenters. The van der Waals surface area contributed by atoms with Crippen LogP contribution < -0.4 is 0 Å². The van der Waals surface area contributed by atoms with E-state index in [1.807, 2.05) is 0 Å². The smallest absolute Gasteiger partial charge is 0.310 e. The van der Waals surface area contributed by atoms with Crippen LogP contribution in [0.2, 0.25) is 0 Å². The van der Waals surface area contributed by atoms with Crippen LogP contribution in [0.3, 0.4) is 0 Å². The molecule has 0 spiro atoms. The monoisotopic (exact) mass is 338 g/mol. The number of ether oxygens (including phenoxy) is 1. The predicted octanol–water partition coefficient (Wildman–Crippen LogP) is 3.61. The highest BCUT2D eigenvalue weighted by Gasteiger charge is 2.42. The Morgan fingerprint density at radius 1 is 1.28 bits per heavy atom. The molecule has 1 aromatic carbocycles. The number of aromatic nitrogens is 1. The topological polar surface area (TPSA) is 45.3 Å². The number of likely N-dealkylation sites (N-methyl/N-ethyl adjacent to an activating group) is 1. The lowest BCUT2D eigenvalue weighted by Crippen LogP contribution is -2.50. The SMILES string of the molecule is CN1CC(C(=O)OC2CCCC2)CC2c3cccc4[nH]cc(c34)C[C@H]21. The largest absolute Gasteiger partial charge is 0.462 e. The van der Waals surface area contributed by atoms with Crippen molar-refractivity contribution < 1.29 is 9.53 Å². The zero-order valence-electron chi connectivity index (χ0n) is 14.8. The number of aromatic amines is 1. The minimum atomic E-state index is 0.00241. The second kappa shape index (κ2) is 5.87. The summed E-state index contributed by atoms with van der Waals surface area (Å²) >= 11 is 0. The van der Waals surface area contributed by atoms with E-state index in [0.717, 1.165) is 32.2 Å². The number of benzene rings is 1. The summed E-state index contributed by atoms with van der Waals surface area (Å²) in [6, 6.07) is 7.04. The van der Waals surface area contributed by atoms with E-state index in [9.17, 15) is 4.79 Å². The standard InChI is InChI=1S/C21H26N2O2/c1-23-12-14(21(24)25-15-5-2-3-6-15)9-17-16-7-4-8-18-20(16)13(11-22-18)10-19(17)23/h4,7-8,11,14-15,17,19,22H,2-3,5-6,9-10,12H2,1H3/t14?,17?,19-/m1/s1. The van der Waals surface area contributed by atoms with Crippen LogP contribution in [0.1, 0.15) is 49.1 Å². The molecule has 0 radical (unpaired) electrons. The average Bonchev–Trinajstić information content (AvgIpc) is 3.27. The van der Waals surface area contributed by atoms with Crippen LogP contribution in [-0.4, -0.2) is 41.6 Å². The van der Waals surface area contributed by atoms with E-state index in [-0.39, 0.29) is 18.0 Å². The van der Waals surface area contributed by atoms with Gasteiger partial charge in [0.1, 0.15) is 6.10 Å². The number of esters is 1. The molecule has 1 N–H and O–H groups in total. The van der Waals surface area contributed by atoms with Crippen LogP contribution in [-0.2, 0) is 16.0 Å². The number of carbonyl (C=O) groups is 1. The lowest BCUT2D eigenvalue weighted by Gasteiger charge is -2.45. The van der Waals surface area contributed by atoms with Gasteiger partial charge in [-0.05, 0) is 62.8 Å². The molecule has 2 aliphatic carbocycles. The van der Waals surface area contributed by atoms with E-state index in [1.165, 1.54) is 34.9 Å². The van der Waals surface area contributed by atoms with Crippen molar-refractivity contribution in [1.29, 1.82) is 0 Å². The molecule has 2 heterocycles. The first-order valence-corrected chi connectivity index (χ1v) is 9.70. The summed E-state index contributed by atoms with van der Waals surface area (Å²) in [6.07, 6.45) is 8.82. The van der Waals surface area contributed by atoms with Crippen LogP contribution in [0, 0.1) is 5.92 Å². The number of nitrogens with zero attached hydrogens (tertiary/aromatic N) is 1. The minimum Gasteiger partial charge on any atom is -0.462 e. The van der Waals surface area contributed by atoms with Crippen molar-refractivity contribution in [3.63, 3.8) is 0 Å². The van der Waals surface area contributed by atoms with Gasteiger partial charge in [-0.1, -0.05) is 12.1 Å². The Kier molecular flexibility index (Phi) is 3.63. The predicted molar refractivity (Wildman–Crippen MR) is 97.6 cm³/mol. The highest BCUT2D eigenvalue weighted by Crippen LogP contribution is 2.44. The molecule has 4 heteroatoms. The number of rotatable bonds is 2. The van der Waals surface area contributed by atoms with Gasteiger partial charge in [0.2, 0.25) is 0 Å². The van der Waals surface area contributed by atoms with Gasteiger partial charge in [0.05, 0.1) is 5.92 Å². The zero-order chi connectivity index (χ0) is 17.0. The van der Waals surface area contributed by atoms with Crippen LogP contribution in [0.4, 0.5) is 0 Å². The number of nitrogens with one attached hydrogen (secondary N) is 1. The van der Waals surface area contributed by atoms with E-state index < -0.39 is 0 Å². The maximum absolute atomic E-state index is 12.8. The molecule has 5 rings (SSSR count). The Morgan fingerprint density at radius 3 is 2.96 bits per heavy atom. The summed E-state index contributed by atoms with van der Waals surface area (Å²) in [6.45, 7) is 0.822. The Morgan fingerprint density at radius 2 is 2.12 bits per heavy atom. The zero-order valence-corrected chi connectivity index (χ0v) is 14.8. The third kappa shape index (κ3) is 2.50. The fraction of sp³-hybridized carbons (Fsp3) is 0.571. The van der Waals surface area contributed by atoms with Gasteiger partial charge in [-0.2, -0.15) is 0 Å². The third-order valence-corrected chi connectivity index (χ3v) is 6.64. The summed E-state index contributed by atoms with van der Waals surface area (Å²) < 4.78 is 5.83. The molecule has 3 aliphatic rings. The second-order valence-electron chi connectivity index (χ2n) is 8.18. The Bertz CT molecular complexity index is 805. The van der Waals surface area contributed by atoms with Gasteiger partial charge in [-0.25, -0.2) is 0 Å². The molecule has 1 aromatic heterocycles. The fourth-order valence-electron chi connectivity index (χ4n) is 5.38. The first-order valence-electron chi connectivity index (χ1n) is 9.70. The third-order valence-electron chi connectivity index (χ3n) is 6.64. The van der Waals surface area contributed by atoms with Gasteiger partial charge in [-0.3, -0.25) is 4.79 Å². The van der Waals surface area contributed by atoms with Crippen LogP contribution in [0.5, 0.6) is 0 Å². The maximum atomic E-state index is 12.8. The Labute approximate surface area is 148 Å². The van der Waals surface area contributed by atoms with E-state index in [1.54, 1.807) is 0 Å². The summed E-state index contributed by atoms with van der Waals surface area (Å²) in [5.41, 5.74) is 4.06. The Balaban J connectivity index is 1.43.